The molecule has 0 amide bonds. The van der Waals surface area contributed by atoms with E-state index >= 15 is 0 Å². The Hall–Kier alpha value is -0.980. The van der Waals surface area contributed by atoms with Crippen LogP contribution in [0.4, 0.5) is 0 Å². The van der Waals surface area contributed by atoms with E-state index in [1.165, 1.54) is 11.1 Å². The van der Waals surface area contributed by atoms with Crippen molar-refractivity contribution in [3.8, 4) is 5.75 Å². The highest BCUT2D eigenvalue weighted by atomic mass is 16.3. The van der Waals surface area contributed by atoms with Crippen molar-refractivity contribution in [3.63, 3.8) is 0 Å². The van der Waals surface area contributed by atoms with Gasteiger partial charge in [0.1, 0.15) is 5.75 Å². The summed E-state index contributed by atoms with van der Waals surface area (Å²) in [5.74, 6) is 0.377. The molecule has 0 radical (unpaired) electrons. The van der Waals surface area contributed by atoms with Crippen molar-refractivity contribution in [2.45, 2.75) is 54.4 Å². The van der Waals surface area contributed by atoms with Crippen LogP contribution in [0.15, 0.2) is 18.2 Å². The smallest absolute Gasteiger partial charge is 0.115 e. The van der Waals surface area contributed by atoms with Gasteiger partial charge in [0.05, 0.1) is 0 Å². The third-order valence-electron chi connectivity index (χ3n) is 2.63. The highest BCUT2D eigenvalue weighted by molar-refractivity contribution is 5.36. The molecule has 0 atom stereocenters. The van der Waals surface area contributed by atoms with Gasteiger partial charge in [-0.3, -0.25) is 0 Å². The molecule has 0 spiro atoms. The Morgan fingerprint density at radius 1 is 0.824 bits per heavy atom. The van der Waals surface area contributed by atoms with Crippen molar-refractivity contribution in [1.29, 1.82) is 0 Å². The molecule has 1 N–H and O–H groups in total. The molecule has 1 heteroatoms. The summed E-state index contributed by atoms with van der Waals surface area (Å²) in [6.45, 7) is 13.5. The Bertz CT molecular complexity index is 377. The second kappa shape index (κ2) is 4.72. The fraction of sp³-hybridized carbons (Fsp3) is 0.625. The second-order valence-corrected chi connectivity index (χ2v) is 7.43. The third kappa shape index (κ3) is 5.25. The van der Waals surface area contributed by atoms with Gasteiger partial charge >= 0.3 is 0 Å². The van der Waals surface area contributed by atoms with Gasteiger partial charge in [-0.25, -0.2) is 0 Å². The van der Waals surface area contributed by atoms with E-state index < -0.39 is 0 Å². The second-order valence-electron chi connectivity index (χ2n) is 7.43. The summed E-state index contributed by atoms with van der Waals surface area (Å²) < 4.78 is 0. The van der Waals surface area contributed by atoms with E-state index in [0.29, 0.717) is 5.75 Å². The molecule has 1 rings (SSSR count). The quantitative estimate of drug-likeness (QED) is 0.794. The largest absolute Gasteiger partial charge is 0.508 e. The van der Waals surface area contributed by atoms with Gasteiger partial charge in [0, 0.05) is 0 Å². The molecule has 0 aromatic heterocycles. The molecular formula is C16H26O. The van der Waals surface area contributed by atoms with E-state index in [-0.39, 0.29) is 10.8 Å². The van der Waals surface area contributed by atoms with E-state index in [1.54, 1.807) is 6.07 Å². The molecule has 17 heavy (non-hydrogen) atoms. The number of phenols is 1. The molecule has 0 heterocycles. The van der Waals surface area contributed by atoms with Crippen molar-refractivity contribution in [2.75, 3.05) is 0 Å². The van der Waals surface area contributed by atoms with Gasteiger partial charge in [-0.05, 0) is 46.9 Å². The Kier molecular flexibility index (Phi) is 3.91. The van der Waals surface area contributed by atoms with Gasteiger partial charge in [-0.1, -0.05) is 47.6 Å². The Balaban J connectivity index is 3.04. The number of hydrogen-bond acceptors (Lipinski definition) is 1. The number of rotatable bonds is 2. The van der Waals surface area contributed by atoms with Gasteiger partial charge in [0.15, 0.2) is 0 Å². The number of hydrogen-bond donors (Lipinski definition) is 1. The lowest BCUT2D eigenvalue weighted by molar-refractivity contribution is 0.390. The fourth-order valence-corrected chi connectivity index (χ4v) is 2.09. The van der Waals surface area contributed by atoms with Crippen LogP contribution in [0, 0.1) is 10.8 Å². The topological polar surface area (TPSA) is 20.2 Å². The van der Waals surface area contributed by atoms with Crippen LogP contribution < -0.4 is 0 Å². The average Bonchev–Trinajstić information content (AvgIpc) is 2.05. The highest BCUT2D eigenvalue weighted by Crippen LogP contribution is 2.29. The van der Waals surface area contributed by atoms with E-state index in [0.717, 1.165) is 12.8 Å². The molecule has 0 aliphatic heterocycles. The molecule has 0 unspecified atom stereocenters. The molecule has 1 aromatic carbocycles. The lowest BCUT2D eigenvalue weighted by atomic mass is 9.81. The van der Waals surface area contributed by atoms with Crippen molar-refractivity contribution in [3.05, 3.63) is 29.3 Å². The van der Waals surface area contributed by atoms with Crippen LogP contribution in [0.1, 0.15) is 52.7 Å². The summed E-state index contributed by atoms with van der Waals surface area (Å²) >= 11 is 0. The molecule has 0 bridgehead atoms. The zero-order chi connectivity index (χ0) is 13.3. The van der Waals surface area contributed by atoms with Crippen LogP contribution in [0.3, 0.4) is 0 Å². The fourth-order valence-electron chi connectivity index (χ4n) is 2.09. The van der Waals surface area contributed by atoms with E-state index in [9.17, 15) is 5.11 Å². The molecule has 0 fully saturated rings. The zero-order valence-corrected chi connectivity index (χ0v) is 12.1. The molecule has 0 aliphatic rings. The van der Waals surface area contributed by atoms with Crippen LogP contribution in [-0.4, -0.2) is 5.11 Å². The zero-order valence-electron chi connectivity index (χ0n) is 12.1. The van der Waals surface area contributed by atoms with Gasteiger partial charge in [0.25, 0.3) is 0 Å². The van der Waals surface area contributed by atoms with Gasteiger partial charge < -0.3 is 5.11 Å². The first-order valence-electron chi connectivity index (χ1n) is 6.38. The maximum atomic E-state index is 9.63. The molecule has 0 saturated carbocycles. The number of aromatic hydroxyl groups is 1. The van der Waals surface area contributed by atoms with E-state index in [4.69, 9.17) is 0 Å². The average molecular weight is 234 g/mol. The summed E-state index contributed by atoms with van der Waals surface area (Å²) in [6, 6.07) is 5.79. The molecule has 1 aromatic rings. The summed E-state index contributed by atoms with van der Waals surface area (Å²) in [6.07, 6.45) is 2.06. The lowest BCUT2D eigenvalue weighted by Crippen LogP contribution is -2.15. The van der Waals surface area contributed by atoms with Crippen LogP contribution in [0.25, 0.3) is 0 Å². The molecule has 0 aliphatic carbocycles. The SMILES string of the molecule is CC(C)(C)Cc1ccc(O)cc1CC(C)(C)C. The van der Waals surface area contributed by atoms with Crippen molar-refractivity contribution in [1.82, 2.24) is 0 Å². The van der Waals surface area contributed by atoms with Crippen molar-refractivity contribution < 1.29 is 5.11 Å². The number of benzene rings is 1. The molecular weight excluding hydrogens is 208 g/mol. The first kappa shape index (κ1) is 14.1. The molecule has 1 nitrogen and oxygen atoms in total. The standard InChI is InChI=1S/C16H26O/c1-15(2,3)10-12-7-8-14(17)9-13(12)11-16(4,5)6/h7-9,17H,10-11H2,1-6H3. The first-order valence-corrected chi connectivity index (χ1v) is 6.38. The van der Waals surface area contributed by atoms with Gasteiger partial charge in [-0.15, -0.1) is 0 Å². The Morgan fingerprint density at radius 2 is 1.29 bits per heavy atom. The van der Waals surface area contributed by atoms with E-state index in [1.807, 2.05) is 6.07 Å². The summed E-state index contributed by atoms with van der Waals surface area (Å²) in [5, 5.41) is 9.63. The van der Waals surface area contributed by atoms with Crippen molar-refractivity contribution in [2.24, 2.45) is 10.8 Å². The third-order valence-corrected chi connectivity index (χ3v) is 2.63. The predicted molar refractivity (Wildman–Crippen MR) is 74.4 cm³/mol. The normalized spacial score (nSPS) is 12.8. The summed E-state index contributed by atoms with van der Waals surface area (Å²) in [5.41, 5.74) is 3.18. The first-order chi connectivity index (χ1) is 7.57. The predicted octanol–water partition coefficient (Wildman–Crippen LogP) is 4.57. The van der Waals surface area contributed by atoms with Crippen LogP contribution in [-0.2, 0) is 12.8 Å². The van der Waals surface area contributed by atoms with Gasteiger partial charge in [0.2, 0.25) is 0 Å². The molecule has 96 valence electrons. The van der Waals surface area contributed by atoms with Crippen molar-refractivity contribution >= 4 is 0 Å². The minimum Gasteiger partial charge on any atom is -0.508 e. The highest BCUT2D eigenvalue weighted by Gasteiger charge is 2.18. The summed E-state index contributed by atoms with van der Waals surface area (Å²) in [4.78, 5) is 0. The van der Waals surface area contributed by atoms with E-state index in [2.05, 4.69) is 47.6 Å². The Labute approximate surface area is 106 Å². The number of phenolic OH excluding ortho intramolecular Hbond substituents is 1. The lowest BCUT2D eigenvalue weighted by Gasteiger charge is -2.24. The minimum absolute atomic E-state index is 0.250. The van der Waals surface area contributed by atoms with Crippen LogP contribution >= 0.6 is 0 Å². The molecule has 0 saturated heterocycles. The van der Waals surface area contributed by atoms with Gasteiger partial charge in [-0.2, -0.15) is 0 Å². The van der Waals surface area contributed by atoms with Crippen LogP contribution in [0.2, 0.25) is 0 Å². The Morgan fingerprint density at radius 3 is 1.76 bits per heavy atom. The maximum absolute atomic E-state index is 9.63. The van der Waals surface area contributed by atoms with Crippen LogP contribution in [0.5, 0.6) is 5.75 Å². The minimum atomic E-state index is 0.250. The monoisotopic (exact) mass is 234 g/mol. The maximum Gasteiger partial charge on any atom is 0.115 e. The summed E-state index contributed by atoms with van der Waals surface area (Å²) in [7, 11) is 0.